The van der Waals surface area contributed by atoms with E-state index in [1.807, 2.05) is 11.7 Å². The Morgan fingerprint density at radius 2 is 1.65 bits per heavy atom. The van der Waals surface area contributed by atoms with Crippen LogP contribution in [0, 0.1) is 0 Å². The number of hydrogen-bond acceptors (Lipinski definition) is 3. The van der Waals surface area contributed by atoms with Gasteiger partial charge in [-0.1, -0.05) is 45.0 Å². The topological polar surface area (TPSA) is 34.0 Å². The maximum absolute atomic E-state index is 4.75. The molecule has 2 heterocycles. The fourth-order valence-electron chi connectivity index (χ4n) is 3.02. The van der Waals surface area contributed by atoms with E-state index in [9.17, 15) is 0 Å². The molecule has 0 saturated carbocycles. The summed E-state index contributed by atoms with van der Waals surface area (Å²) in [5.74, 6) is 1.88. The third kappa shape index (κ3) is 4.12. The van der Waals surface area contributed by atoms with Crippen LogP contribution in [0.3, 0.4) is 0 Å². The summed E-state index contributed by atoms with van der Waals surface area (Å²) >= 11 is 0. The molecule has 1 fully saturated rings. The van der Waals surface area contributed by atoms with Gasteiger partial charge in [0.05, 0.1) is 6.54 Å². The molecule has 1 aromatic heterocycles. The van der Waals surface area contributed by atoms with E-state index in [1.165, 1.54) is 31.5 Å². The highest BCUT2D eigenvalue weighted by Gasteiger charge is 2.17. The van der Waals surface area contributed by atoms with E-state index in [4.69, 9.17) is 4.98 Å². The molecule has 0 radical (unpaired) electrons. The molecule has 4 nitrogen and oxygen atoms in total. The van der Waals surface area contributed by atoms with Crippen molar-refractivity contribution in [1.29, 1.82) is 0 Å². The van der Waals surface area contributed by atoms with Gasteiger partial charge in [0, 0.05) is 12.6 Å². The Hall–Kier alpha value is -1.39. The SMILES string of the molecule is Cl.Cn1nc(CN2CCCC2)nc1-c1ccc(C(C)(C)C)cc1. The van der Waals surface area contributed by atoms with Crippen molar-refractivity contribution in [1.82, 2.24) is 19.7 Å². The van der Waals surface area contributed by atoms with Crippen LogP contribution in [0.25, 0.3) is 11.4 Å². The molecule has 23 heavy (non-hydrogen) atoms. The maximum Gasteiger partial charge on any atom is 0.165 e. The van der Waals surface area contributed by atoms with E-state index in [-0.39, 0.29) is 17.8 Å². The average molecular weight is 335 g/mol. The fourth-order valence-corrected chi connectivity index (χ4v) is 3.02. The molecule has 1 aliphatic heterocycles. The van der Waals surface area contributed by atoms with Gasteiger partial charge in [-0.05, 0) is 36.9 Å². The summed E-state index contributed by atoms with van der Waals surface area (Å²) in [6.45, 7) is 9.92. The van der Waals surface area contributed by atoms with Crippen molar-refractivity contribution in [3.8, 4) is 11.4 Å². The molecule has 0 amide bonds. The van der Waals surface area contributed by atoms with Gasteiger partial charge in [-0.25, -0.2) is 9.67 Å². The number of aromatic nitrogens is 3. The number of hydrogen-bond donors (Lipinski definition) is 0. The smallest absolute Gasteiger partial charge is 0.165 e. The van der Waals surface area contributed by atoms with Crippen molar-refractivity contribution >= 4 is 12.4 Å². The van der Waals surface area contributed by atoms with Gasteiger partial charge < -0.3 is 0 Å². The molecule has 1 aliphatic rings. The molecule has 0 unspecified atom stereocenters. The molecule has 0 spiro atoms. The summed E-state index contributed by atoms with van der Waals surface area (Å²) in [5, 5.41) is 4.59. The van der Waals surface area contributed by atoms with Crippen molar-refractivity contribution in [3.05, 3.63) is 35.7 Å². The number of benzene rings is 1. The predicted octanol–water partition coefficient (Wildman–Crippen LogP) is 3.80. The van der Waals surface area contributed by atoms with Gasteiger partial charge in [0.2, 0.25) is 0 Å². The highest BCUT2D eigenvalue weighted by molar-refractivity contribution is 5.85. The minimum atomic E-state index is 0. The lowest BCUT2D eigenvalue weighted by atomic mass is 9.87. The Morgan fingerprint density at radius 3 is 2.22 bits per heavy atom. The lowest BCUT2D eigenvalue weighted by molar-refractivity contribution is 0.322. The van der Waals surface area contributed by atoms with E-state index >= 15 is 0 Å². The minimum Gasteiger partial charge on any atom is -0.296 e. The Balaban J connectivity index is 0.00000192. The number of rotatable bonds is 3. The second-order valence-corrected chi connectivity index (χ2v) is 7.29. The maximum atomic E-state index is 4.75. The van der Waals surface area contributed by atoms with Crippen LogP contribution in [0.4, 0.5) is 0 Å². The molecule has 0 bridgehead atoms. The van der Waals surface area contributed by atoms with Crippen LogP contribution in [0.5, 0.6) is 0 Å². The lowest BCUT2D eigenvalue weighted by Gasteiger charge is -2.19. The zero-order valence-electron chi connectivity index (χ0n) is 14.5. The van der Waals surface area contributed by atoms with Gasteiger partial charge in [0.25, 0.3) is 0 Å². The summed E-state index contributed by atoms with van der Waals surface area (Å²) in [5.41, 5.74) is 2.66. The zero-order valence-corrected chi connectivity index (χ0v) is 15.4. The quantitative estimate of drug-likeness (QED) is 0.856. The Kier molecular flexibility index (Phi) is 5.48. The third-order valence-corrected chi connectivity index (χ3v) is 4.38. The predicted molar refractivity (Wildman–Crippen MR) is 96.9 cm³/mol. The molecule has 0 atom stereocenters. The van der Waals surface area contributed by atoms with Crippen LogP contribution in [0.2, 0.25) is 0 Å². The second-order valence-electron chi connectivity index (χ2n) is 7.29. The molecular weight excluding hydrogens is 308 g/mol. The van der Waals surface area contributed by atoms with E-state index < -0.39 is 0 Å². The first-order valence-electron chi connectivity index (χ1n) is 8.17. The van der Waals surface area contributed by atoms with Crippen LogP contribution in [0.1, 0.15) is 45.0 Å². The molecular formula is C18H27ClN4. The van der Waals surface area contributed by atoms with Crippen LogP contribution in [0.15, 0.2) is 24.3 Å². The number of likely N-dealkylation sites (tertiary alicyclic amines) is 1. The van der Waals surface area contributed by atoms with Gasteiger partial charge in [0.15, 0.2) is 11.6 Å². The molecule has 0 N–H and O–H groups in total. The number of halogens is 1. The second kappa shape index (κ2) is 7.02. The average Bonchev–Trinajstić information content (AvgIpc) is 3.08. The van der Waals surface area contributed by atoms with E-state index in [1.54, 1.807) is 0 Å². The van der Waals surface area contributed by atoms with Crippen LogP contribution >= 0.6 is 12.4 Å². The van der Waals surface area contributed by atoms with E-state index in [0.29, 0.717) is 0 Å². The minimum absolute atomic E-state index is 0. The van der Waals surface area contributed by atoms with Gasteiger partial charge in [-0.3, -0.25) is 4.90 Å². The van der Waals surface area contributed by atoms with Crippen molar-refractivity contribution in [2.45, 2.75) is 45.6 Å². The summed E-state index contributed by atoms with van der Waals surface area (Å²) in [6.07, 6.45) is 2.60. The largest absolute Gasteiger partial charge is 0.296 e. The van der Waals surface area contributed by atoms with E-state index in [0.717, 1.165) is 23.8 Å². The van der Waals surface area contributed by atoms with Gasteiger partial charge in [-0.2, -0.15) is 5.10 Å². The monoisotopic (exact) mass is 334 g/mol. The highest BCUT2D eigenvalue weighted by Crippen LogP contribution is 2.25. The van der Waals surface area contributed by atoms with Gasteiger partial charge in [0.1, 0.15) is 0 Å². The molecule has 126 valence electrons. The normalized spacial score (nSPS) is 15.7. The molecule has 2 aromatic rings. The van der Waals surface area contributed by atoms with Gasteiger partial charge in [-0.15, -0.1) is 12.4 Å². The molecule has 3 rings (SSSR count). The van der Waals surface area contributed by atoms with Gasteiger partial charge >= 0.3 is 0 Å². The first-order valence-corrected chi connectivity index (χ1v) is 8.17. The molecule has 0 aliphatic carbocycles. The highest BCUT2D eigenvalue weighted by atomic mass is 35.5. The van der Waals surface area contributed by atoms with Crippen molar-refractivity contribution < 1.29 is 0 Å². The lowest BCUT2D eigenvalue weighted by Crippen LogP contribution is -2.19. The van der Waals surface area contributed by atoms with Crippen LogP contribution in [-0.2, 0) is 19.0 Å². The first-order chi connectivity index (χ1) is 10.4. The zero-order chi connectivity index (χ0) is 15.7. The summed E-state index contributed by atoms with van der Waals surface area (Å²) < 4.78 is 1.90. The molecule has 1 saturated heterocycles. The first kappa shape index (κ1) is 18.0. The van der Waals surface area contributed by atoms with Crippen molar-refractivity contribution in [2.24, 2.45) is 7.05 Å². The Bertz CT molecular complexity index is 634. The van der Waals surface area contributed by atoms with Crippen LogP contribution in [-0.4, -0.2) is 32.8 Å². The van der Waals surface area contributed by atoms with E-state index in [2.05, 4.69) is 55.0 Å². The van der Waals surface area contributed by atoms with Crippen LogP contribution < -0.4 is 0 Å². The summed E-state index contributed by atoms with van der Waals surface area (Å²) in [4.78, 5) is 7.18. The van der Waals surface area contributed by atoms with Crippen molar-refractivity contribution in [3.63, 3.8) is 0 Å². The molecule has 1 aromatic carbocycles. The summed E-state index contributed by atoms with van der Waals surface area (Å²) in [7, 11) is 1.98. The number of nitrogens with zero attached hydrogens (tertiary/aromatic N) is 4. The standard InChI is InChI=1S/C18H26N4.ClH/c1-18(2,3)15-9-7-14(8-10-15)17-19-16(20-21(17)4)13-22-11-5-6-12-22;/h7-10H,5-6,11-13H2,1-4H3;1H. The Morgan fingerprint density at radius 1 is 1.04 bits per heavy atom. The fraction of sp³-hybridized carbons (Fsp3) is 0.556. The van der Waals surface area contributed by atoms with Crippen molar-refractivity contribution in [2.75, 3.05) is 13.1 Å². The summed E-state index contributed by atoms with van der Waals surface area (Å²) in [6, 6.07) is 8.71. The molecule has 5 heteroatoms. The Labute approximate surface area is 145 Å². The number of aryl methyl sites for hydroxylation is 1. The third-order valence-electron chi connectivity index (χ3n) is 4.38.